The van der Waals surface area contributed by atoms with Crippen molar-refractivity contribution in [1.29, 1.82) is 0 Å². The van der Waals surface area contributed by atoms with E-state index in [0.29, 0.717) is 0 Å². The fourth-order valence-electron chi connectivity index (χ4n) is 2.58. The second kappa shape index (κ2) is 5.11. The van der Waals surface area contributed by atoms with Gasteiger partial charge in [0.15, 0.2) is 0 Å². The molecule has 0 radical (unpaired) electrons. The summed E-state index contributed by atoms with van der Waals surface area (Å²) in [7, 11) is 0. The Balaban J connectivity index is 2.34. The van der Waals surface area contributed by atoms with Crippen LogP contribution in [0.5, 0.6) is 0 Å². The van der Waals surface area contributed by atoms with Crippen molar-refractivity contribution in [2.75, 3.05) is 0 Å². The van der Waals surface area contributed by atoms with Crippen LogP contribution in [0.3, 0.4) is 0 Å². The standard InChI is InChI=1S/C17H18N2OS/c1-5-13-18-16(20)15-14(11(4)21-17(15)19-13)12-7-6-9(2)10(3)8-12/h6-8H,5H2,1-4H3,(H,18,19,20). The van der Waals surface area contributed by atoms with Gasteiger partial charge in [0, 0.05) is 16.9 Å². The van der Waals surface area contributed by atoms with E-state index in [0.717, 1.165) is 38.5 Å². The molecule has 21 heavy (non-hydrogen) atoms. The summed E-state index contributed by atoms with van der Waals surface area (Å²) in [4.78, 5) is 21.9. The highest BCUT2D eigenvalue weighted by Gasteiger charge is 2.16. The molecule has 108 valence electrons. The molecule has 0 aliphatic carbocycles. The maximum atomic E-state index is 12.4. The molecule has 0 bridgehead atoms. The second-order valence-corrected chi connectivity index (χ2v) is 6.58. The number of fused-ring (bicyclic) bond motifs is 1. The molecule has 0 fully saturated rings. The first-order valence-electron chi connectivity index (χ1n) is 7.11. The summed E-state index contributed by atoms with van der Waals surface area (Å²) in [6, 6.07) is 6.34. The molecule has 0 unspecified atom stereocenters. The minimum atomic E-state index is -0.0329. The smallest absolute Gasteiger partial charge is 0.260 e. The number of thiophene rings is 1. The van der Waals surface area contributed by atoms with Gasteiger partial charge in [0.2, 0.25) is 0 Å². The van der Waals surface area contributed by atoms with E-state index in [1.165, 1.54) is 11.1 Å². The molecule has 2 heterocycles. The quantitative estimate of drug-likeness (QED) is 0.773. The normalized spacial score (nSPS) is 11.2. The fraction of sp³-hybridized carbons (Fsp3) is 0.294. The highest BCUT2D eigenvalue weighted by molar-refractivity contribution is 7.19. The van der Waals surface area contributed by atoms with E-state index >= 15 is 0 Å². The van der Waals surface area contributed by atoms with Gasteiger partial charge in [-0.25, -0.2) is 4.98 Å². The lowest BCUT2D eigenvalue weighted by Crippen LogP contribution is -2.10. The van der Waals surface area contributed by atoms with Crippen LogP contribution in [0.4, 0.5) is 0 Å². The molecule has 1 aromatic carbocycles. The van der Waals surface area contributed by atoms with E-state index in [4.69, 9.17) is 0 Å². The second-order valence-electron chi connectivity index (χ2n) is 5.38. The zero-order valence-electron chi connectivity index (χ0n) is 12.7. The number of benzene rings is 1. The molecule has 2 aromatic heterocycles. The molecule has 0 aliphatic heterocycles. The first kappa shape index (κ1) is 14.0. The molecule has 0 spiro atoms. The lowest BCUT2D eigenvalue weighted by molar-refractivity contribution is 0.948. The van der Waals surface area contributed by atoms with E-state index < -0.39 is 0 Å². The van der Waals surface area contributed by atoms with Gasteiger partial charge >= 0.3 is 0 Å². The minimum Gasteiger partial charge on any atom is -0.310 e. The molecular formula is C17H18N2OS. The summed E-state index contributed by atoms with van der Waals surface area (Å²) in [5, 5.41) is 0.720. The van der Waals surface area contributed by atoms with Gasteiger partial charge in [-0.15, -0.1) is 11.3 Å². The van der Waals surface area contributed by atoms with Crippen LogP contribution in [0.2, 0.25) is 0 Å². The van der Waals surface area contributed by atoms with Crippen molar-refractivity contribution in [1.82, 2.24) is 9.97 Å². The van der Waals surface area contributed by atoms with Crippen LogP contribution in [0.25, 0.3) is 21.3 Å². The number of aromatic nitrogens is 2. The van der Waals surface area contributed by atoms with E-state index in [1.54, 1.807) is 11.3 Å². The Morgan fingerprint density at radius 2 is 1.95 bits per heavy atom. The maximum absolute atomic E-state index is 12.4. The molecule has 0 saturated heterocycles. The number of nitrogens with one attached hydrogen (secondary N) is 1. The molecule has 3 rings (SSSR count). The SMILES string of the molecule is CCc1nc2sc(C)c(-c3ccc(C)c(C)c3)c2c(=O)[nH]1. The average molecular weight is 298 g/mol. The van der Waals surface area contributed by atoms with E-state index in [9.17, 15) is 4.79 Å². The number of H-pyrrole nitrogens is 1. The van der Waals surface area contributed by atoms with Gasteiger partial charge in [0.1, 0.15) is 10.7 Å². The first-order valence-corrected chi connectivity index (χ1v) is 7.92. The van der Waals surface area contributed by atoms with Gasteiger partial charge in [-0.2, -0.15) is 0 Å². The number of aromatic amines is 1. The molecule has 0 aliphatic rings. The van der Waals surface area contributed by atoms with Crippen LogP contribution in [-0.4, -0.2) is 9.97 Å². The van der Waals surface area contributed by atoms with Crippen LogP contribution in [0, 0.1) is 20.8 Å². The minimum absolute atomic E-state index is 0.0329. The highest BCUT2D eigenvalue weighted by Crippen LogP contribution is 2.36. The van der Waals surface area contributed by atoms with E-state index in [-0.39, 0.29) is 5.56 Å². The van der Waals surface area contributed by atoms with E-state index in [1.807, 2.05) is 6.92 Å². The summed E-state index contributed by atoms with van der Waals surface area (Å²) >= 11 is 1.60. The monoisotopic (exact) mass is 298 g/mol. The Labute approximate surface area is 127 Å². The topological polar surface area (TPSA) is 45.8 Å². The largest absolute Gasteiger partial charge is 0.310 e. The zero-order valence-corrected chi connectivity index (χ0v) is 13.5. The maximum Gasteiger partial charge on any atom is 0.260 e. The summed E-state index contributed by atoms with van der Waals surface area (Å²) in [5.41, 5.74) is 4.58. The van der Waals surface area contributed by atoms with Crippen molar-refractivity contribution in [2.45, 2.75) is 34.1 Å². The van der Waals surface area contributed by atoms with Crippen LogP contribution < -0.4 is 5.56 Å². The third-order valence-corrected chi connectivity index (χ3v) is 4.92. The third-order valence-electron chi connectivity index (χ3n) is 3.92. The molecular weight excluding hydrogens is 280 g/mol. The average Bonchev–Trinajstić information content (AvgIpc) is 2.78. The number of aryl methyl sites for hydroxylation is 4. The molecule has 3 nitrogen and oxygen atoms in total. The van der Waals surface area contributed by atoms with Gasteiger partial charge in [-0.3, -0.25) is 4.79 Å². The van der Waals surface area contributed by atoms with Crippen molar-refractivity contribution in [3.8, 4) is 11.1 Å². The van der Waals surface area contributed by atoms with Crippen molar-refractivity contribution in [3.05, 3.63) is 50.4 Å². The zero-order chi connectivity index (χ0) is 15.1. The predicted molar refractivity (Wildman–Crippen MR) is 89.3 cm³/mol. The van der Waals surface area contributed by atoms with E-state index in [2.05, 4.69) is 48.9 Å². The summed E-state index contributed by atoms with van der Waals surface area (Å²) in [6.07, 6.45) is 0.737. The molecule has 0 saturated carbocycles. The molecule has 4 heteroatoms. The van der Waals surface area contributed by atoms with Gasteiger partial charge in [0.25, 0.3) is 5.56 Å². The molecule has 1 N–H and O–H groups in total. The Hall–Kier alpha value is -1.94. The van der Waals surface area contributed by atoms with Crippen LogP contribution in [0.1, 0.15) is 28.8 Å². The molecule has 3 aromatic rings. The van der Waals surface area contributed by atoms with Crippen molar-refractivity contribution in [2.24, 2.45) is 0 Å². The molecule has 0 atom stereocenters. The Bertz CT molecular complexity index is 890. The van der Waals surface area contributed by atoms with Gasteiger partial charge < -0.3 is 4.98 Å². The summed E-state index contributed by atoms with van der Waals surface area (Å²) in [5.74, 6) is 0.750. The lowest BCUT2D eigenvalue weighted by Gasteiger charge is -2.06. The number of nitrogens with zero attached hydrogens (tertiary/aromatic N) is 1. The van der Waals surface area contributed by atoms with Gasteiger partial charge in [0.05, 0.1) is 5.39 Å². The van der Waals surface area contributed by atoms with Crippen molar-refractivity contribution in [3.63, 3.8) is 0 Å². The number of hydrogen-bond acceptors (Lipinski definition) is 3. The number of rotatable bonds is 2. The van der Waals surface area contributed by atoms with Gasteiger partial charge in [-0.1, -0.05) is 25.1 Å². The Morgan fingerprint density at radius 3 is 2.62 bits per heavy atom. The van der Waals surface area contributed by atoms with Crippen LogP contribution >= 0.6 is 11.3 Å². The highest BCUT2D eigenvalue weighted by atomic mass is 32.1. The van der Waals surface area contributed by atoms with Crippen molar-refractivity contribution < 1.29 is 0 Å². The summed E-state index contributed by atoms with van der Waals surface area (Å²) in [6.45, 7) is 8.25. The van der Waals surface area contributed by atoms with Crippen LogP contribution in [0.15, 0.2) is 23.0 Å². The Morgan fingerprint density at radius 1 is 1.19 bits per heavy atom. The number of hydrogen-bond donors (Lipinski definition) is 1. The summed E-state index contributed by atoms with van der Waals surface area (Å²) < 4.78 is 0. The lowest BCUT2D eigenvalue weighted by atomic mass is 9.99. The van der Waals surface area contributed by atoms with Gasteiger partial charge in [-0.05, 0) is 37.5 Å². The fourth-order valence-corrected chi connectivity index (χ4v) is 3.64. The Kier molecular flexibility index (Phi) is 3.41. The van der Waals surface area contributed by atoms with Crippen molar-refractivity contribution >= 4 is 21.6 Å². The third kappa shape index (κ3) is 2.29. The first-order chi connectivity index (χ1) is 10.0. The molecule has 0 amide bonds. The van der Waals surface area contributed by atoms with Crippen LogP contribution in [-0.2, 0) is 6.42 Å². The predicted octanol–water partition coefficient (Wildman–Crippen LogP) is 4.14.